The third-order valence-corrected chi connectivity index (χ3v) is 2.59. The van der Waals surface area contributed by atoms with Crippen LogP contribution in [0.2, 0.25) is 0 Å². The van der Waals surface area contributed by atoms with Gasteiger partial charge in [-0.3, -0.25) is 9.69 Å². The van der Waals surface area contributed by atoms with E-state index in [2.05, 4.69) is 15.3 Å². The van der Waals surface area contributed by atoms with Crippen LogP contribution >= 0.6 is 0 Å². The van der Waals surface area contributed by atoms with E-state index in [1.54, 1.807) is 0 Å². The Kier molecular flexibility index (Phi) is 5.03. The molecular formula is C12H21N5O. The molecule has 6 nitrogen and oxygen atoms in total. The SMILES string of the molecule is CNc1cc(C)nc(CN(CC(N)=O)C(C)C)n1. The van der Waals surface area contributed by atoms with Crippen LogP contribution in [0.4, 0.5) is 5.82 Å². The summed E-state index contributed by atoms with van der Waals surface area (Å²) >= 11 is 0. The van der Waals surface area contributed by atoms with Gasteiger partial charge in [0.15, 0.2) is 0 Å². The van der Waals surface area contributed by atoms with E-state index in [9.17, 15) is 4.79 Å². The van der Waals surface area contributed by atoms with E-state index in [1.165, 1.54) is 0 Å². The molecule has 1 aromatic rings. The summed E-state index contributed by atoms with van der Waals surface area (Å²) in [4.78, 5) is 21.7. The largest absolute Gasteiger partial charge is 0.373 e. The van der Waals surface area contributed by atoms with Crippen molar-refractivity contribution in [2.24, 2.45) is 5.73 Å². The Balaban J connectivity index is 2.86. The monoisotopic (exact) mass is 251 g/mol. The number of nitrogens with two attached hydrogens (primary N) is 1. The van der Waals surface area contributed by atoms with E-state index in [1.807, 2.05) is 38.8 Å². The minimum atomic E-state index is -0.342. The molecule has 0 aliphatic rings. The molecule has 3 N–H and O–H groups in total. The number of carbonyl (C=O) groups excluding carboxylic acids is 1. The predicted molar refractivity (Wildman–Crippen MR) is 71.1 cm³/mol. The fraction of sp³-hybridized carbons (Fsp3) is 0.583. The molecule has 0 unspecified atom stereocenters. The van der Waals surface area contributed by atoms with Crippen LogP contribution in [0.25, 0.3) is 0 Å². The number of nitrogens with zero attached hydrogens (tertiary/aromatic N) is 3. The van der Waals surface area contributed by atoms with E-state index in [0.29, 0.717) is 12.4 Å². The topological polar surface area (TPSA) is 84.1 Å². The standard InChI is InChI=1S/C12H21N5O/c1-8(2)17(6-10(13)18)7-12-15-9(3)5-11(14-4)16-12/h5,8H,6-7H2,1-4H3,(H2,13,18)(H,14,15,16). The van der Waals surface area contributed by atoms with Gasteiger partial charge in [0.1, 0.15) is 11.6 Å². The van der Waals surface area contributed by atoms with Gasteiger partial charge in [-0.2, -0.15) is 0 Å². The van der Waals surface area contributed by atoms with E-state index < -0.39 is 0 Å². The number of aromatic nitrogens is 2. The first-order valence-electron chi connectivity index (χ1n) is 5.97. The summed E-state index contributed by atoms with van der Waals surface area (Å²) in [6.45, 7) is 6.66. The highest BCUT2D eigenvalue weighted by atomic mass is 16.1. The molecule has 0 bridgehead atoms. The Morgan fingerprint density at radius 3 is 2.67 bits per heavy atom. The van der Waals surface area contributed by atoms with E-state index in [0.717, 1.165) is 11.5 Å². The van der Waals surface area contributed by atoms with Crippen LogP contribution in [-0.2, 0) is 11.3 Å². The number of primary amides is 1. The predicted octanol–water partition coefficient (Wildman–Crippen LogP) is 0.522. The second kappa shape index (κ2) is 6.30. The van der Waals surface area contributed by atoms with Gasteiger partial charge in [-0.25, -0.2) is 9.97 Å². The normalized spacial score (nSPS) is 11.0. The van der Waals surface area contributed by atoms with Crippen LogP contribution in [0.1, 0.15) is 25.4 Å². The molecule has 18 heavy (non-hydrogen) atoms. The lowest BCUT2D eigenvalue weighted by Gasteiger charge is -2.24. The number of carbonyl (C=O) groups is 1. The number of hydrogen-bond donors (Lipinski definition) is 2. The van der Waals surface area contributed by atoms with Crippen molar-refractivity contribution in [3.05, 3.63) is 17.6 Å². The van der Waals surface area contributed by atoms with Gasteiger partial charge in [0, 0.05) is 24.8 Å². The van der Waals surface area contributed by atoms with Crippen molar-refractivity contribution in [1.82, 2.24) is 14.9 Å². The van der Waals surface area contributed by atoms with Crippen LogP contribution in [0.5, 0.6) is 0 Å². The molecule has 100 valence electrons. The Hall–Kier alpha value is -1.69. The van der Waals surface area contributed by atoms with Crippen LogP contribution < -0.4 is 11.1 Å². The summed E-state index contributed by atoms with van der Waals surface area (Å²) < 4.78 is 0. The van der Waals surface area contributed by atoms with Crippen LogP contribution in [0, 0.1) is 6.92 Å². The van der Waals surface area contributed by atoms with Crippen molar-refractivity contribution in [3.63, 3.8) is 0 Å². The van der Waals surface area contributed by atoms with Crippen molar-refractivity contribution in [1.29, 1.82) is 0 Å². The lowest BCUT2D eigenvalue weighted by atomic mass is 10.3. The number of rotatable bonds is 6. The van der Waals surface area contributed by atoms with Gasteiger partial charge in [0.2, 0.25) is 5.91 Å². The smallest absolute Gasteiger partial charge is 0.231 e. The number of hydrogen-bond acceptors (Lipinski definition) is 5. The van der Waals surface area contributed by atoms with Gasteiger partial charge in [0.25, 0.3) is 0 Å². The average Bonchev–Trinajstić information content (AvgIpc) is 2.26. The second-order valence-electron chi connectivity index (χ2n) is 4.53. The van der Waals surface area contributed by atoms with Crippen molar-refractivity contribution in [2.45, 2.75) is 33.4 Å². The molecular weight excluding hydrogens is 230 g/mol. The molecule has 0 spiro atoms. The van der Waals surface area contributed by atoms with Gasteiger partial charge in [-0.15, -0.1) is 0 Å². The van der Waals surface area contributed by atoms with Crippen molar-refractivity contribution < 1.29 is 4.79 Å². The minimum absolute atomic E-state index is 0.208. The van der Waals surface area contributed by atoms with Crippen molar-refractivity contribution >= 4 is 11.7 Å². The first kappa shape index (κ1) is 14.4. The molecule has 6 heteroatoms. The van der Waals surface area contributed by atoms with E-state index >= 15 is 0 Å². The quantitative estimate of drug-likeness (QED) is 0.770. The summed E-state index contributed by atoms with van der Waals surface area (Å²) in [6, 6.07) is 2.08. The van der Waals surface area contributed by atoms with E-state index in [-0.39, 0.29) is 18.5 Å². The van der Waals surface area contributed by atoms with Crippen LogP contribution in [-0.4, -0.2) is 40.4 Å². The van der Waals surface area contributed by atoms with Crippen LogP contribution in [0.15, 0.2) is 6.07 Å². The molecule has 0 radical (unpaired) electrons. The molecule has 0 atom stereocenters. The maximum absolute atomic E-state index is 11.0. The molecule has 1 aromatic heterocycles. The molecule has 0 aromatic carbocycles. The number of aryl methyl sites for hydroxylation is 1. The van der Waals surface area contributed by atoms with Gasteiger partial charge in [0.05, 0.1) is 13.1 Å². The zero-order valence-corrected chi connectivity index (χ0v) is 11.4. The number of anilines is 1. The average molecular weight is 251 g/mol. The fourth-order valence-corrected chi connectivity index (χ4v) is 1.63. The third kappa shape index (κ3) is 4.29. The Labute approximate surface area is 108 Å². The van der Waals surface area contributed by atoms with Crippen LogP contribution in [0.3, 0.4) is 0 Å². The maximum atomic E-state index is 11.0. The Morgan fingerprint density at radius 2 is 2.17 bits per heavy atom. The molecule has 0 aliphatic heterocycles. The van der Waals surface area contributed by atoms with E-state index in [4.69, 9.17) is 5.73 Å². The number of nitrogens with one attached hydrogen (secondary N) is 1. The Morgan fingerprint density at radius 1 is 1.50 bits per heavy atom. The third-order valence-electron chi connectivity index (χ3n) is 2.59. The zero-order valence-electron chi connectivity index (χ0n) is 11.4. The lowest BCUT2D eigenvalue weighted by Crippen LogP contribution is -2.38. The molecule has 0 aliphatic carbocycles. The van der Waals surface area contributed by atoms with Gasteiger partial charge in [-0.05, 0) is 20.8 Å². The molecule has 1 amide bonds. The molecule has 0 fully saturated rings. The van der Waals surface area contributed by atoms with Crippen molar-refractivity contribution in [3.8, 4) is 0 Å². The number of amides is 1. The highest BCUT2D eigenvalue weighted by Gasteiger charge is 2.14. The fourth-order valence-electron chi connectivity index (χ4n) is 1.63. The summed E-state index contributed by atoms with van der Waals surface area (Å²) in [7, 11) is 1.81. The van der Waals surface area contributed by atoms with Gasteiger partial charge in [-0.1, -0.05) is 0 Å². The summed E-state index contributed by atoms with van der Waals surface area (Å²) in [5.74, 6) is 1.12. The summed E-state index contributed by atoms with van der Waals surface area (Å²) in [5, 5.41) is 2.99. The molecule has 1 rings (SSSR count). The van der Waals surface area contributed by atoms with Gasteiger partial charge >= 0.3 is 0 Å². The lowest BCUT2D eigenvalue weighted by molar-refractivity contribution is -0.119. The summed E-state index contributed by atoms with van der Waals surface area (Å²) in [6.07, 6.45) is 0. The first-order valence-corrected chi connectivity index (χ1v) is 5.97. The molecule has 1 heterocycles. The van der Waals surface area contributed by atoms with Crippen molar-refractivity contribution in [2.75, 3.05) is 18.9 Å². The highest BCUT2D eigenvalue weighted by molar-refractivity contribution is 5.75. The summed E-state index contributed by atoms with van der Waals surface area (Å²) in [5.41, 5.74) is 6.13. The Bertz CT molecular complexity index is 419. The maximum Gasteiger partial charge on any atom is 0.231 e. The minimum Gasteiger partial charge on any atom is -0.373 e. The first-order chi connectivity index (χ1) is 8.42. The van der Waals surface area contributed by atoms with Gasteiger partial charge < -0.3 is 11.1 Å². The second-order valence-corrected chi connectivity index (χ2v) is 4.53. The zero-order chi connectivity index (χ0) is 13.7. The highest BCUT2D eigenvalue weighted by Crippen LogP contribution is 2.09. The molecule has 0 saturated carbocycles. The molecule has 0 saturated heterocycles.